The SMILES string of the molecule is CC(C)(C)OC(=O)N1CCC[C@@H](n2ncc3c(Nc4ccc(O)cc4)ncnc32)C1. The van der Waals surface area contributed by atoms with Crippen molar-refractivity contribution >= 4 is 28.6 Å². The Balaban J connectivity index is 1.56. The number of nitrogens with one attached hydrogen (secondary N) is 1. The normalized spacial score (nSPS) is 17.2. The zero-order chi connectivity index (χ0) is 21.3. The second kappa shape index (κ2) is 7.81. The van der Waals surface area contributed by atoms with Crippen LogP contribution < -0.4 is 5.32 Å². The summed E-state index contributed by atoms with van der Waals surface area (Å²) in [5.41, 5.74) is 0.987. The fourth-order valence-corrected chi connectivity index (χ4v) is 3.56. The Hall–Kier alpha value is -3.36. The average molecular weight is 410 g/mol. The number of phenolic OH excluding ortho intramolecular Hbond substituents is 1. The average Bonchev–Trinajstić information content (AvgIpc) is 3.14. The highest BCUT2D eigenvalue weighted by Crippen LogP contribution is 2.29. The summed E-state index contributed by atoms with van der Waals surface area (Å²) in [6.07, 6.45) is 4.71. The van der Waals surface area contributed by atoms with Crippen LogP contribution in [0.25, 0.3) is 11.0 Å². The molecule has 1 aliphatic heterocycles. The molecule has 0 saturated carbocycles. The van der Waals surface area contributed by atoms with E-state index in [-0.39, 0.29) is 17.9 Å². The number of nitrogens with zero attached hydrogens (tertiary/aromatic N) is 5. The van der Waals surface area contributed by atoms with Gasteiger partial charge in [-0.25, -0.2) is 19.4 Å². The maximum atomic E-state index is 12.5. The van der Waals surface area contributed by atoms with Crippen LogP contribution in [0.3, 0.4) is 0 Å². The van der Waals surface area contributed by atoms with Crippen LogP contribution in [0.15, 0.2) is 36.8 Å². The summed E-state index contributed by atoms with van der Waals surface area (Å²) in [7, 11) is 0. The van der Waals surface area contributed by atoms with Crippen LogP contribution in [0.2, 0.25) is 0 Å². The van der Waals surface area contributed by atoms with Crippen molar-refractivity contribution in [1.82, 2.24) is 24.6 Å². The molecule has 3 aromatic rings. The van der Waals surface area contributed by atoms with Crippen molar-refractivity contribution in [3.63, 3.8) is 0 Å². The van der Waals surface area contributed by atoms with Gasteiger partial charge in [-0.3, -0.25) is 0 Å². The molecule has 1 fully saturated rings. The third-order valence-corrected chi connectivity index (χ3v) is 4.92. The molecule has 1 aliphatic rings. The Morgan fingerprint density at radius 1 is 1.23 bits per heavy atom. The predicted octanol–water partition coefficient (Wildman–Crippen LogP) is 3.85. The predicted molar refractivity (Wildman–Crippen MR) is 113 cm³/mol. The summed E-state index contributed by atoms with van der Waals surface area (Å²) in [6.45, 7) is 6.80. The maximum Gasteiger partial charge on any atom is 0.410 e. The lowest BCUT2D eigenvalue weighted by Gasteiger charge is -2.34. The number of piperidine rings is 1. The number of aromatic nitrogens is 4. The fraction of sp³-hybridized carbons (Fsp3) is 0.429. The second-order valence-electron chi connectivity index (χ2n) is 8.44. The van der Waals surface area contributed by atoms with Gasteiger partial charge in [-0.15, -0.1) is 0 Å². The van der Waals surface area contributed by atoms with E-state index in [2.05, 4.69) is 20.4 Å². The summed E-state index contributed by atoms with van der Waals surface area (Å²) in [4.78, 5) is 23.0. The number of ether oxygens (including phenoxy) is 1. The van der Waals surface area contributed by atoms with Gasteiger partial charge in [-0.1, -0.05) is 0 Å². The van der Waals surface area contributed by atoms with Crippen LogP contribution in [0.5, 0.6) is 5.75 Å². The first-order valence-corrected chi connectivity index (χ1v) is 10.0. The molecule has 1 atom stereocenters. The Kier molecular flexibility index (Phi) is 5.19. The van der Waals surface area contributed by atoms with E-state index in [4.69, 9.17) is 4.74 Å². The van der Waals surface area contributed by atoms with E-state index in [9.17, 15) is 9.90 Å². The van der Waals surface area contributed by atoms with Crippen molar-refractivity contribution < 1.29 is 14.6 Å². The molecule has 0 bridgehead atoms. The molecule has 0 radical (unpaired) electrons. The first-order valence-electron chi connectivity index (χ1n) is 10.0. The molecule has 1 aromatic carbocycles. The number of benzene rings is 1. The minimum atomic E-state index is -0.523. The maximum absolute atomic E-state index is 12.5. The van der Waals surface area contributed by atoms with Crippen molar-refractivity contribution in [2.75, 3.05) is 18.4 Å². The third kappa shape index (κ3) is 4.29. The number of hydrogen-bond donors (Lipinski definition) is 2. The van der Waals surface area contributed by atoms with Crippen molar-refractivity contribution in [3.8, 4) is 5.75 Å². The molecule has 9 heteroatoms. The highest BCUT2D eigenvalue weighted by atomic mass is 16.6. The molecule has 158 valence electrons. The van der Waals surface area contributed by atoms with E-state index in [0.29, 0.717) is 24.6 Å². The highest BCUT2D eigenvalue weighted by molar-refractivity contribution is 5.88. The van der Waals surface area contributed by atoms with E-state index in [0.717, 1.165) is 23.9 Å². The van der Waals surface area contributed by atoms with Gasteiger partial charge in [-0.2, -0.15) is 5.10 Å². The van der Waals surface area contributed by atoms with Gasteiger partial charge in [0.05, 0.1) is 17.6 Å². The largest absolute Gasteiger partial charge is 0.508 e. The minimum Gasteiger partial charge on any atom is -0.508 e. The number of phenols is 1. The monoisotopic (exact) mass is 410 g/mol. The number of aromatic hydroxyl groups is 1. The zero-order valence-electron chi connectivity index (χ0n) is 17.4. The molecule has 30 heavy (non-hydrogen) atoms. The van der Waals surface area contributed by atoms with Gasteiger partial charge in [0, 0.05) is 18.8 Å². The highest BCUT2D eigenvalue weighted by Gasteiger charge is 2.29. The number of fused-ring (bicyclic) bond motifs is 1. The van der Waals surface area contributed by atoms with Gasteiger partial charge in [-0.05, 0) is 57.9 Å². The first kappa shape index (κ1) is 19.9. The van der Waals surface area contributed by atoms with Crippen LogP contribution in [0.1, 0.15) is 39.7 Å². The summed E-state index contributed by atoms with van der Waals surface area (Å²) in [6, 6.07) is 6.77. The molecule has 0 spiro atoms. The number of hydrogen-bond acceptors (Lipinski definition) is 7. The summed E-state index contributed by atoms with van der Waals surface area (Å²) in [5, 5.41) is 18.1. The van der Waals surface area contributed by atoms with E-state index in [1.54, 1.807) is 35.4 Å². The summed E-state index contributed by atoms with van der Waals surface area (Å²) in [5.74, 6) is 0.838. The Labute approximate surface area is 174 Å². The first-order chi connectivity index (χ1) is 14.3. The number of carbonyl (C=O) groups is 1. The lowest BCUT2D eigenvalue weighted by atomic mass is 10.1. The van der Waals surface area contributed by atoms with Crippen LogP contribution in [0, 0.1) is 0 Å². The molecule has 3 heterocycles. The Morgan fingerprint density at radius 2 is 2.00 bits per heavy atom. The van der Waals surface area contributed by atoms with Crippen LogP contribution in [-0.4, -0.2) is 54.5 Å². The molecule has 4 rings (SSSR count). The molecule has 2 aromatic heterocycles. The molecule has 1 amide bonds. The molecular formula is C21H26N6O3. The van der Waals surface area contributed by atoms with E-state index in [1.807, 2.05) is 25.5 Å². The number of carbonyl (C=O) groups excluding carboxylic acids is 1. The lowest BCUT2D eigenvalue weighted by molar-refractivity contribution is 0.0169. The van der Waals surface area contributed by atoms with Gasteiger partial charge < -0.3 is 20.1 Å². The fourth-order valence-electron chi connectivity index (χ4n) is 3.56. The van der Waals surface area contributed by atoms with Gasteiger partial charge in [0.25, 0.3) is 0 Å². The van der Waals surface area contributed by atoms with Crippen molar-refractivity contribution in [2.24, 2.45) is 0 Å². The number of likely N-dealkylation sites (tertiary alicyclic amines) is 1. The van der Waals surface area contributed by atoms with E-state index >= 15 is 0 Å². The van der Waals surface area contributed by atoms with E-state index < -0.39 is 5.60 Å². The molecule has 0 unspecified atom stereocenters. The van der Waals surface area contributed by atoms with E-state index in [1.165, 1.54) is 6.33 Å². The van der Waals surface area contributed by atoms with Gasteiger partial charge in [0.1, 0.15) is 23.5 Å². The second-order valence-corrected chi connectivity index (χ2v) is 8.44. The van der Waals surface area contributed by atoms with Gasteiger partial charge in [0.15, 0.2) is 5.65 Å². The molecule has 1 saturated heterocycles. The smallest absolute Gasteiger partial charge is 0.410 e. The van der Waals surface area contributed by atoms with Crippen LogP contribution >= 0.6 is 0 Å². The van der Waals surface area contributed by atoms with Crippen LogP contribution in [0.4, 0.5) is 16.3 Å². The molecular weight excluding hydrogens is 384 g/mol. The van der Waals surface area contributed by atoms with Crippen molar-refractivity contribution in [3.05, 3.63) is 36.8 Å². The zero-order valence-corrected chi connectivity index (χ0v) is 17.4. The van der Waals surface area contributed by atoms with Crippen molar-refractivity contribution in [2.45, 2.75) is 45.3 Å². The lowest BCUT2D eigenvalue weighted by Crippen LogP contribution is -2.43. The van der Waals surface area contributed by atoms with Gasteiger partial charge >= 0.3 is 6.09 Å². The summed E-state index contributed by atoms with van der Waals surface area (Å²) >= 11 is 0. The molecule has 9 nitrogen and oxygen atoms in total. The molecule has 2 N–H and O–H groups in total. The third-order valence-electron chi connectivity index (χ3n) is 4.92. The quantitative estimate of drug-likeness (QED) is 0.632. The minimum absolute atomic E-state index is 0.0141. The number of rotatable bonds is 3. The van der Waals surface area contributed by atoms with Gasteiger partial charge in [0.2, 0.25) is 0 Å². The Morgan fingerprint density at radius 3 is 2.73 bits per heavy atom. The standard InChI is InChI=1S/C21H26N6O3/c1-21(2,3)30-20(29)26-10-4-5-15(12-26)27-19-17(11-24-27)18(22-13-23-19)25-14-6-8-16(28)9-7-14/h6-9,11,13,15,28H,4-5,10,12H2,1-3H3,(H,22,23,25)/t15-/m1/s1. The van der Waals surface area contributed by atoms with Crippen molar-refractivity contribution in [1.29, 1.82) is 0 Å². The molecule has 0 aliphatic carbocycles. The van der Waals surface area contributed by atoms with Crippen LogP contribution in [-0.2, 0) is 4.74 Å². The topological polar surface area (TPSA) is 105 Å². The number of anilines is 2. The number of amides is 1. The summed E-state index contributed by atoms with van der Waals surface area (Å²) < 4.78 is 7.40. The Bertz CT molecular complexity index is 1040.